The predicted octanol–water partition coefficient (Wildman–Crippen LogP) is 3.13. The van der Waals surface area contributed by atoms with Gasteiger partial charge in [0, 0.05) is 12.5 Å². The lowest BCUT2D eigenvalue weighted by Gasteiger charge is -2.14. The van der Waals surface area contributed by atoms with Crippen molar-refractivity contribution in [3.05, 3.63) is 65.4 Å². The van der Waals surface area contributed by atoms with Crippen molar-refractivity contribution in [1.29, 1.82) is 0 Å². The number of hydrogen-bond donors (Lipinski definition) is 3. The summed E-state index contributed by atoms with van der Waals surface area (Å²) in [5.74, 6) is -9.98. The number of halogens is 2. The lowest BCUT2D eigenvalue weighted by Crippen LogP contribution is -2.29. The van der Waals surface area contributed by atoms with Gasteiger partial charge in [0.25, 0.3) is 11.8 Å². The number of carboxylic acid groups (broad SMARTS) is 1. The fourth-order valence-electron chi connectivity index (χ4n) is 4.42. The Labute approximate surface area is 196 Å². The molecule has 0 aliphatic heterocycles. The van der Waals surface area contributed by atoms with Crippen LogP contribution in [0, 0.1) is 11.8 Å². The highest BCUT2D eigenvalue weighted by Crippen LogP contribution is 2.54. The minimum atomic E-state index is -3.41. The Morgan fingerprint density at radius 1 is 1.03 bits per heavy atom. The van der Waals surface area contributed by atoms with Crippen LogP contribution in [0.15, 0.2) is 53.2 Å². The van der Waals surface area contributed by atoms with Gasteiger partial charge in [-0.05, 0) is 32.6 Å². The maximum atomic E-state index is 13.5. The summed E-state index contributed by atoms with van der Waals surface area (Å²) < 4.78 is 36.9. The van der Waals surface area contributed by atoms with Gasteiger partial charge in [-0.1, -0.05) is 48.5 Å². The second-order valence-electron chi connectivity index (χ2n) is 8.22. The largest absolute Gasteiger partial charge is 0.481 e. The van der Waals surface area contributed by atoms with Crippen molar-refractivity contribution in [3.63, 3.8) is 0 Å². The summed E-state index contributed by atoms with van der Waals surface area (Å²) in [5, 5.41) is 20.0. The number of aromatic nitrogens is 2. The normalized spacial score (nSPS) is 19.4. The molecule has 0 spiro atoms. The number of hydrogen-bond acceptors (Lipinski definition) is 7. The minimum Gasteiger partial charge on any atom is -0.481 e. The maximum Gasteiger partial charge on any atom is 0.412 e. The number of nitrogens with one attached hydrogen (secondary N) is 2. The third-order valence-corrected chi connectivity index (χ3v) is 6.22. The van der Waals surface area contributed by atoms with Crippen LogP contribution in [0.2, 0.25) is 0 Å². The quantitative estimate of drug-likeness (QED) is 0.464. The molecule has 0 saturated heterocycles. The predicted molar refractivity (Wildman–Crippen MR) is 115 cm³/mol. The number of benzene rings is 2. The molecule has 2 aliphatic carbocycles. The molecule has 1 aromatic heterocycles. The second-order valence-corrected chi connectivity index (χ2v) is 8.22. The minimum absolute atomic E-state index is 0.0139. The van der Waals surface area contributed by atoms with Gasteiger partial charge >= 0.3 is 12.1 Å². The molecule has 180 valence electrons. The van der Waals surface area contributed by atoms with E-state index >= 15 is 0 Å². The van der Waals surface area contributed by atoms with Crippen LogP contribution in [0.5, 0.6) is 0 Å². The summed E-state index contributed by atoms with van der Waals surface area (Å²) in [7, 11) is 0. The molecule has 0 unspecified atom stereocenters. The first kappa shape index (κ1) is 22.4. The van der Waals surface area contributed by atoms with Gasteiger partial charge in [-0.2, -0.15) is 0 Å². The molecule has 0 radical (unpaired) electrons. The standard InChI is InChI=1S/C23H18F2N4O6/c24-23(25)16(17(23)21(31)32)9-26-20(30)18-19(29-35-28-18)27-22(33)34-10-15-13-7-3-1-5-11(13)12-6-2-4-8-14(12)15/h1-8,15-17H,9-10H2,(H,26,30)(H,31,32)(H,27,29,33)/t16-,17-/m0/s1. The number of aliphatic carboxylic acids is 1. The monoisotopic (exact) mass is 484 g/mol. The van der Waals surface area contributed by atoms with Crippen LogP contribution in [-0.2, 0) is 9.53 Å². The summed E-state index contributed by atoms with van der Waals surface area (Å²) >= 11 is 0. The first-order chi connectivity index (χ1) is 16.8. The highest BCUT2D eigenvalue weighted by molar-refractivity contribution is 5.99. The zero-order valence-electron chi connectivity index (χ0n) is 17.9. The zero-order chi connectivity index (χ0) is 24.7. The zero-order valence-corrected chi connectivity index (χ0v) is 17.9. The fourth-order valence-corrected chi connectivity index (χ4v) is 4.42. The van der Waals surface area contributed by atoms with Crippen LogP contribution in [0.25, 0.3) is 11.1 Å². The van der Waals surface area contributed by atoms with E-state index in [9.17, 15) is 23.2 Å². The van der Waals surface area contributed by atoms with Gasteiger partial charge in [0.1, 0.15) is 12.5 Å². The number of carboxylic acids is 1. The van der Waals surface area contributed by atoms with Crippen molar-refractivity contribution in [2.45, 2.75) is 11.8 Å². The summed E-state index contributed by atoms with van der Waals surface area (Å²) in [6, 6.07) is 15.6. The van der Waals surface area contributed by atoms with Crippen molar-refractivity contribution >= 4 is 23.8 Å². The van der Waals surface area contributed by atoms with Crippen LogP contribution < -0.4 is 10.6 Å². The Balaban J connectivity index is 1.20. The average molecular weight is 484 g/mol. The Hall–Kier alpha value is -4.35. The van der Waals surface area contributed by atoms with E-state index in [2.05, 4.69) is 25.6 Å². The van der Waals surface area contributed by atoms with Crippen LogP contribution in [0.3, 0.4) is 0 Å². The van der Waals surface area contributed by atoms with E-state index in [1.54, 1.807) is 0 Å². The highest BCUT2D eigenvalue weighted by atomic mass is 19.3. The molecular weight excluding hydrogens is 466 g/mol. The number of fused-ring (bicyclic) bond motifs is 3. The molecule has 2 aromatic carbocycles. The molecule has 1 heterocycles. The molecule has 1 fully saturated rings. The topological polar surface area (TPSA) is 144 Å². The number of carbonyl (C=O) groups is 3. The van der Waals surface area contributed by atoms with Gasteiger partial charge in [0.15, 0.2) is 0 Å². The molecule has 1 saturated carbocycles. The molecule has 5 rings (SSSR count). The molecule has 10 nitrogen and oxygen atoms in total. The first-order valence-corrected chi connectivity index (χ1v) is 10.6. The van der Waals surface area contributed by atoms with Gasteiger partial charge in [0.2, 0.25) is 11.5 Å². The number of rotatable bonds is 7. The van der Waals surface area contributed by atoms with Gasteiger partial charge in [-0.3, -0.25) is 14.9 Å². The molecule has 35 heavy (non-hydrogen) atoms. The van der Waals surface area contributed by atoms with Crippen molar-refractivity contribution in [2.24, 2.45) is 11.8 Å². The van der Waals surface area contributed by atoms with Crippen LogP contribution in [0.4, 0.5) is 19.4 Å². The summed E-state index contributed by atoms with van der Waals surface area (Å²) in [6.45, 7) is -0.583. The second kappa shape index (κ2) is 8.46. The molecule has 12 heteroatoms. The van der Waals surface area contributed by atoms with Crippen molar-refractivity contribution in [2.75, 3.05) is 18.5 Å². The van der Waals surface area contributed by atoms with Gasteiger partial charge < -0.3 is 15.2 Å². The Kier molecular flexibility index (Phi) is 5.42. The van der Waals surface area contributed by atoms with E-state index in [0.717, 1.165) is 22.3 Å². The van der Waals surface area contributed by atoms with Crippen molar-refractivity contribution in [3.8, 4) is 11.1 Å². The molecule has 2 amide bonds. The third kappa shape index (κ3) is 3.96. The van der Waals surface area contributed by atoms with E-state index in [-0.39, 0.29) is 18.3 Å². The summed E-state index contributed by atoms with van der Waals surface area (Å²) in [6.07, 6.45) is -0.920. The Morgan fingerprint density at radius 2 is 1.66 bits per heavy atom. The maximum absolute atomic E-state index is 13.5. The Bertz CT molecular complexity index is 1280. The summed E-state index contributed by atoms with van der Waals surface area (Å²) in [5.41, 5.74) is 3.68. The van der Waals surface area contributed by atoms with Gasteiger partial charge in [-0.25, -0.2) is 18.2 Å². The van der Waals surface area contributed by atoms with Crippen LogP contribution >= 0.6 is 0 Å². The average Bonchev–Trinajstić information content (AvgIpc) is 3.13. The Morgan fingerprint density at radius 3 is 2.26 bits per heavy atom. The smallest absolute Gasteiger partial charge is 0.412 e. The SMILES string of the molecule is O=C(Nc1nonc1C(=O)NC[C@H]1[C@@H](C(=O)O)C1(F)F)OCC1c2ccccc2-c2ccccc21. The van der Waals surface area contributed by atoms with Crippen molar-refractivity contribution < 1.29 is 37.6 Å². The van der Waals surface area contributed by atoms with E-state index in [4.69, 9.17) is 9.84 Å². The van der Waals surface area contributed by atoms with Crippen LogP contribution in [0.1, 0.15) is 27.5 Å². The van der Waals surface area contributed by atoms with Gasteiger partial charge in [-0.15, -0.1) is 0 Å². The molecule has 0 bridgehead atoms. The molecular formula is C23H18F2N4O6. The lowest BCUT2D eigenvalue weighted by atomic mass is 9.98. The van der Waals surface area contributed by atoms with Crippen LogP contribution in [-0.4, -0.2) is 52.5 Å². The van der Waals surface area contributed by atoms with Gasteiger partial charge in [0.05, 0.1) is 5.92 Å². The lowest BCUT2D eigenvalue weighted by molar-refractivity contribution is -0.140. The number of nitrogens with zero attached hydrogens (tertiary/aromatic N) is 2. The van der Waals surface area contributed by atoms with E-state index in [1.165, 1.54) is 0 Å². The molecule has 3 N–H and O–H groups in total. The number of amides is 2. The summed E-state index contributed by atoms with van der Waals surface area (Å²) in [4.78, 5) is 35.6. The molecule has 2 aliphatic rings. The number of carbonyl (C=O) groups excluding carboxylic acids is 2. The van der Waals surface area contributed by atoms with E-state index in [0.29, 0.717) is 0 Å². The first-order valence-electron chi connectivity index (χ1n) is 10.6. The molecule has 3 aromatic rings. The fraction of sp³-hybridized carbons (Fsp3) is 0.261. The molecule has 2 atom stereocenters. The number of alkyl halides is 2. The van der Waals surface area contributed by atoms with E-state index in [1.807, 2.05) is 48.5 Å². The third-order valence-electron chi connectivity index (χ3n) is 6.22. The van der Waals surface area contributed by atoms with E-state index < -0.39 is 48.0 Å². The number of anilines is 1. The van der Waals surface area contributed by atoms with Crippen molar-refractivity contribution in [1.82, 2.24) is 15.6 Å². The number of ether oxygens (including phenoxy) is 1. The highest BCUT2D eigenvalue weighted by Gasteiger charge is 2.72.